The fourth-order valence-corrected chi connectivity index (χ4v) is 5.14. The Labute approximate surface area is 179 Å². The molecule has 0 aliphatic carbocycles. The van der Waals surface area contributed by atoms with Crippen LogP contribution in [0.3, 0.4) is 0 Å². The van der Waals surface area contributed by atoms with Crippen molar-refractivity contribution in [3.63, 3.8) is 0 Å². The van der Waals surface area contributed by atoms with Gasteiger partial charge in [-0.1, -0.05) is 35.1 Å². The van der Waals surface area contributed by atoms with E-state index in [1.807, 2.05) is 12.1 Å². The molecule has 3 aromatic rings. The Morgan fingerprint density at radius 1 is 1.10 bits per heavy atom. The summed E-state index contributed by atoms with van der Waals surface area (Å²) in [7, 11) is 0. The van der Waals surface area contributed by atoms with Gasteiger partial charge in [0.2, 0.25) is 0 Å². The summed E-state index contributed by atoms with van der Waals surface area (Å²) in [5.74, 6) is 2.20. The number of fused-ring (bicyclic) bond motifs is 2. The lowest BCUT2D eigenvalue weighted by atomic mass is 9.97. The number of ether oxygens (including phenoxy) is 2. The number of halogens is 1. The quantitative estimate of drug-likeness (QED) is 0.642. The van der Waals surface area contributed by atoms with E-state index in [1.54, 1.807) is 17.4 Å². The van der Waals surface area contributed by atoms with Crippen molar-refractivity contribution in [1.82, 2.24) is 10.3 Å². The van der Waals surface area contributed by atoms with E-state index in [2.05, 4.69) is 34.5 Å². The average Bonchev–Trinajstić information content (AvgIpc) is 3.18. The number of anilines is 1. The van der Waals surface area contributed by atoms with Gasteiger partial charge >= 0.3 is 0 Å². The first-order valence-electron chi connectivity index (χ1n) is 10.1. The number of thiazole rings is 1. The molecule has 2 aliphatic rings. The zero-order chi connectivity index (χ0) is 19.6. The predicted octanol–water partition coefficient (Wildman–Crippen LogP) is 4.60. The lowest BCUT2D eigenvalue weighted by Crippen LogP contribution is -2.42. The monoisotopic (exact) mass is 429 g/mol. The van der Waals surface area contributed by atoms with Gasteiger partial charge in [0.05, 0.1) is 10.2 Å². The highest BCUT2D eigenvalue weighted by molar-refractivity contribution is 7.22. The van der Waals surface area contributed by atoms with Gasteiger partial charge in [-0.25, -0.2) is 4.98 Å². The van der Waals surface area contributed by atoms with Gasteiger partial charge in [0.1, 0.15) is 12.7 Å². The first kappa shape index (κ1) is 19.0. The normalized spacial score (nSPS) is 19.6. The number of nitrogens with one attached hydrogen (secondary N) is 1. The first-order valence-corrected chi connectivity index (χ1v) is 11.3. The first-order chi connectivity index (χ1) is 14.2. The molecule has 1 aromatic heterocycles. The molecule has 1 saturated heterocycles. The van der Waals surface area contributed by atoms with Crippen LogP contribution in [0, 0.1) is 5.92 Å². The Morgan fingerprint density at radius 2 is 1.97 bits per heavy atom. The Morgan fingerprint density at radius 3 is 2.83 bits per heavy atom. The number of para-hydroxylation sites is 1. The molecule has 7 heteroatoms. The van der Waals surface area contributed by atoms with Crippen molar-refractivity contribution >= 4 is 38.3 Å². The second kappa shape index (κ2) is 8.38. The van der Waals surface area contributed by atoms with Crippen molar-refractivity contribution in [1.29, 1.82) is 0 Å². The van der Waals surface area contributed by atoms with Gasteiger partial charge in [0.25, 0.3) is 0 Å². The Kier molecular flexibility index (Phi) is 5.48. The van der Waals surface area contributed by atoms with Gasteiger partial charge in [-0.05, 0) is 49.6 Å². The highest BCUT2D eigenvalue weighted by Gasteiger charge is 2.24. The molecule has 0 amide bonds. The van der Waals surface area contributed by atoms with Crippen LogP contribution in [0.4, 0.5) is 5.13 Å². The highest BCUT2D eigenvalue weighted by Crippen LogP contribution is 2.34. The molecular weight excluding hydrogens is 406 g/mol. The highest BCUT2D eigenvalue weighted by atomic mass is 35.5. The lowest BCUT2D eigenvalue weighted by Gasteiger charge is -2.32. The summed E-state index contributed by atoms with van der Waals surface area (Å²) >= 11 is 7.80. The second-order valence-corrected chi connectivity index (χ2v) is 9.14. The summed E-state index contributed by atoms with van der Waals surface area (Å²) < 4.78 is 13.1. The van der Waals surface area contributed by atoms with Gasteiger partial charge < -0.3 is 19.7 Å². The fraction of sp³-hybridized carbons (Fsp3) is 0.409. The number of hydrogen-bond acceptors (Lipinski definition) is 6. The van der Waals surface area contributed by atoms with Gasteiger partial charge in [-0.3, -0.25) is 0 Å². The smallest absolute Gasteiger partial charge is 0.186 e. The summed E-state index contributed by atoms with van der Waals surface area (Å²) in [6.45, 7) is 4.50. The van der Waals surface area contributed by atoms with E-state index in [0.29, 0.717) is 17.5 Å². The van der Waals surface area contributed by atoms with Gasteiger partial charge in [-0.15, -0.1) is 0 Å². The van der Waals surface area contributed by atoms with Crippen LogP contribution in [0.2, 0.25) is 5.02 Å². The average molecular weight is 430 g/mol. The molecule has 0 bridgehead atoms. The van der Waals surface area contributed by atoms with E-state index >= 15 is 0 Å². The number of piperidine rings is 1. The molecule has 0 spiro atoms. The van der Waals surface area contributed by atoms with Crippen LogP contribution in [0.5, 0.6) is 11.5 Å². The number of hydrogen-bond donors (Lipinski definition) is 1. The molecule has 1 fully saturated rings. The topological polar surface area (TPSA) is 46.6 Å². The molecule has 2 aromatic carbocycles. The molecule has 0 radical (unpaired) electrons. The maximum Gasteiger partial charge on any atom is 0.186 e. The molecular formula is C22H24ClN3O2S. The predicted molar refractivity (Wildman–Crippen MR) is 119 cm³/mol. The van der Waals surface area contributed by atoms with Crippen molar-refractivity contribution in [3.05, 3.63) is 47.5 Å². The van der Waals surface area contributed by atoms with E-state index in [1.165, 1.54) is 17.5 Å². The number of nitrogens with zero attached hydrogens (tertiary/aromatic N) is 2. The minimum Gasteiger partial charge on any atom is -0.486 e. The maximum atomic E-state index is 6.02. The molecule has 3 heterocycles. The molecule has 2 aliphatic heterocycles. The SMILES string of the molecule is Clc1ccc2c(c1)OCC(CNCC1CCN(c3nc4ccccc4s3)CC1)O2. The Bertz CT molecular complexity index is 954. The van der Waals surface area contributed by atoms with E-state index in [4.69, 9.17) is 26.1 Å². The zero-order valence-corrected chi connectivity index (χ0v) is 17.7. The minimum atomic E-state index is 0.0338. The van der Waals surface area contributed by atoms with Crippen molar-refractivity contribution in [3.8, 4) is 11.5 Å². The molecule has 1 atom stereocenters. The van der Waals surface area contributed by atoms with Gasteiger partial charge in [0, 0.05) is 30.7 Å². The molecule has 5 rings (SSSR count). The van der Waals surface area contributed by atoms with Crippen LogP contribution < -0.4 is 19.7 Å². The van der Waals surface area contributed by atoms with Crippen LogP contribution in [-0.4, -0.2) is 43.9 Å². The summed E-state index contributed by atoms with van der Waals surface area (Å²) in [6, 6.07) is 13.9. The number of rotatable bonds is 5. The molecule has 5 nitrogen and oxygen atoms in total. The van der Waals surface area contributed by atoms with Gasteiger partial charge in [-0.2, -0.15) is 0 Å². The second-order valence-electron chi connectivity index (χ2n) is 7.69. The van der Waals surface area contributed by atoms with E-state index in [9.17, 15) is 0 Å². The van der Waals surface area contributed by atoms with E-state index < -0.39 is 0 Å². The Hall–Kier alpha value is -2.02. The van der Waals surface area contributed by atoms with Crippen molar-refractivity contribution in [2.24, 2.45) is 5.92 Å². The largest absolute Gasteiger partial charge is 0.486 e. The fourth-order valence-electron chi connectivity index (χ4n) is 3.96. The number of benzene rings is 2. The third-order valence-corrected chi connectivity index (χ3v) is 6.93. The van der Waals surface area contributed by atoms with Crippen molar-refractivity contribution < 1.29 is 9.47 Å². The van der Waals surface area contributed by atoms with E-state index in [0.717, 1.165) is 48.3 Å². The molecule has 0 saturated carbocycles. The molecule has 1 unspecified atom stereocenters. The Balaban J connectivity index is 1.07. The van der Waals surface area contributed by atoms with Crippen LogP contribution in [-0.2, 0) is 0 Å². The number of aromatic nitrogens is 1. The summed E-state index contributed by atoms with van der Waals surface area (Å²) in [5, 5.41) is 5.40. The van der Waals surface area contributed by atoms with Crippen LogP contribution in [0.15, 0.2) is 42.5 Å². The van der Waals surface area contributed by atoms with Crippen LogP contribution in [0.1, 0.15) is 12.8 Å². The summed E-state index contributed by atoms with van der Waals surface area (Å²) in [4.78, 5) is 7.23. The minimum absolute atomic E-state index is 0.0338. The standard InChI is InChI=1S/C22H24ClN3O2S/c23-16-5-6-19-20(11-16)27-14-17(28-19)13-24-12-15-7-9-26(10-8-15)22-25-18-3-1-2-4-21(18)29-22/h1-6,11,15,17,24H,7-10,12-14H2. The maximum absolute atomic E-state index is 6.02. The third-order valence-electron chi connectivity index (χ3n) is 5.60. The molecule has 29 heavy (non-hydrogen) atoms. The van der Waals surface area contributed by atoms with Crippen LogP contribution >= 0.6 is 22.9 Å². The van der Waals surface area contributed by atoms with Crippen molar-refractivity contribution in [2.75, 3.05) is 37.7 Å². The zero-order valence-electron chi connectivity index (χ0n) is 16.1. The van der Waals surface area contributed by atoms with Gasteiger partial charge in [0.15, 0.2) is 16.6 Å². The molecule has 1 N–H and O–H groups in total. The lowest BCUT2D eigenvalue weighted by molar-refractivity contribution is 0.0894. The van der Waals surface area contributed by atoms with E-state index in [-0.39, 0.29) is 6.10 Å². The summed E-state index contributed by atoms with van der Waals surface area (Å²) in [5.41, 5.74) is 1.11. The van der Waals surface area contributed by atoms with Crippen molar-refractivity contribution in [2.45, 2.75) is 18.9 Å². The van der Waals surface area contributed by atoms with Crippen LogP contribution in [0.25, 0.3) is 10.2 Å². The summed E-state index contributed by atoms with van der Waals surface area (Å²) in [6.07, 6.45) is 2.41. The third kappa shape index (κ3) is 4.29. The molecule has 152 valence electrons.